The normalized spacial score (nSPS) is 11.3. The number of hydrogen-bond acceptors (Lipinski definition) is 2. The van der Waals surface area contributed by atoms with Crippen molar-refractivity contribution in [3.63, 3.8) is 0 Å². The molecule has 0 atom stereocenters. The highest BCUT2D eigenvalue weighted by molar-refractivity contribution is 7.99. The molecule has 0 radical (unpaired) electrons. The Hall–Kier alpha value is -0.960. The summed E-state index contributed by atoms with van der Waals surface area (Å²) in [5.74, 6) is 2.77. The minimum Gasteiger partial charge on any atom is -0.356 e. The van der Waals surface area contributed by atoms with Crippen molar-refractivity contribution < 1.29 is 4.79 Å². The van der Waals surface area contributed by atoms with Gasteiger partial charge in [0, 0.05) is 23.6 Å². The second kappa shape index (κ2) is 9.06. The van der Waals surface area contributed by atoms with Gasteiger partial charge < -0.3 is 5.32 Å². The number of rotatable bonds is 8. The zero-order valence-corrected chi connectivity index (χ0v) is 13.9. The van der Waals surface area contributed by atoms with Gasteiger partial charge in [0.25, 0.3) is 0 Å². The van der Waals surface area contributed by atoms with Crippen LogP contribution in [-0.2, 0) is 4.79 Å². The van der Waals surface area contributed by atoms with Crippen molar-refractivity contribution in [2.75, 3.05) is 12.3 Å². The fraction of sp³-hybridized carbons (Fsp3) is 0.588. The van der Waals surface area contributed by atoms with E-state index in [1.54, 1.807) is 11.8 Å². The number of hydrogen-bond donors (Lipinski definition) is 1. The highest BCUT2D eigenvalue weighted by Crippen LogP contribution is 2.20. The monoisotopic (exact) mass is 293 g/mol. The summed E-state index contributed by atoms with van der Waals surface area (Å²) in [4.78, 5) is 13.1. The minimum absolute atomic E-state index is 0.166. The van der Waals surface area contributed by atoms with Gasteiger partial charge in [-0.3, -0.25) is 4.79 Å². The average molecular weight is 293 g/mol. The number of carbonyl (C=O) groups excluding carboxylic acids is 1. The minimum atomic E-state index is 0.166. The molecule has 0 saturated carbocycles. The van der Waals surface area contributed by atoms with E-state index in [9.17, 15) is 4.79 Å². The van der Waals surface area contributed by atoms with Gasteiger partial charge in [0.05, 0.1) is 0 Å². The lowest BCUT2D eigenvalue weighted by Crippen LogP contribution is -2.34. The summed E-state index contributed by atoms with van der Waals surface area (Å²) >= 11 is 1.73. The van der Waals surface area contributed by atoms with Crippen molar-refractivity contribution in [2.24, 2.45) is 17.8 Å². The molecule has 1 amide bonds. The Labute approximate surface area is 127 Å². The third kappa shape index (κ3) is 6.47. The van der Waals surface area contributed by atoms with Gasteiger partial charge in [-0.2, -0.15) is 0 Å². The van der Waals surface area contributed by atoms with Crippen molar-refractivity contribution in [2.45, 2.75) is 39.0 Å². The summed E-state index contributed by atoms with van der Waals surface area (Å²) in [7, 11) is 0. The number of benzene rings is 1. The molecule has 0 aliphatic heterocycles. The van der Waals surface area contributed by atoms with E-state index in [1.165, 1.54) is 4.90 Å². The van der Waals surface area contributed by atoms with E-state index < -0.39 is 0 Å². The molecular weight excluding hydrogens is 266 g/mol. The molecule has 3 heteroatoms. The fourth-order valence-corrected chi connectivity index (χ4v) is 3.21. The summed E-state index contributed by atoms with van der Waals surface area (Å²) in [5.41, 5.74) is 0. The van der Waals surface area contributed by atoms with Crippen molar-refractivity contribution in [1.29, 1.82) is 0 Å². The van der Waals surface area contributed by atoms with Gasteiger partial charge in [-0.15, -0.1) is 11.8 Å². The predicted octanol–water partition coefficient (Wildman–Crippen LogP) is 4.21. The number of amides is 1. The zero-order valence-electron chi connectivity index (χ0n) is 13.1. The van der Waals surface area contributed by atoms with Crippen molar-refractivity contribution in [3.05, 3.63) is 30.3 Å². The van der Waals surface area contributed by atoms with Crippen molar-refractivity contribution in [3.8, 4) is 0 Å². The topological polar surface area (TPSA) is 29.1 Å². The van der Waals surface area contributed by atoms with Crippen LogP contribution in [0.1, 0.15) is 34.1 Å². The summed E-state index contributed by atoms with van der Waals surface area (Å²) < 4.78 is 0. The largest absolute Gasteiger partial charge is 0.356 e. The molecular formula is C17H27NOS. The highest BCUT2D eigenvalue weighted by atomic mass is 32.2. The van der Waals surface area contributed by atoms with Gasteiger partial charge in [-0.1, -0.05) is 45.9 Å². The molecule has 0 unspecified atom stereocenters. The van der Waals surface area contributed by atoms with E-state index in [-0.39, 0.29) is 5.91 Å². The summed E-state index contributed by atoms with van der Waals surface area (Å²) in [6.45, 7) is 9.69. The molecule has 2 nitrogen and oxygen atoms in total. The average Bonchev–Trinajstić information content (AvgIpc) is 2.39. The molecule has 112 valence electrons. The Kier molecular flexibility index (Phi) is 7.75. The molecule has 1 N–H and O–H groups in total. The van der Waals surface area contributed by atoms with Crippen LogP contribution in [0.3, 0.4) is 0 Å². The highest BCUT2D eigenvalue weighted by Gasteiger charge is 2.17. The smallest absolute Gasteiger partial charge is 0.220 e. The quantitative estimate of drug-likeness (QED) is 0.727. The van der Waals surface area contributed by atoms with E-state index in [0.717, 1.165) is 12.3 Å². The number of nitrogens with one attached hydrogen (secondary N) is 1. The van der Waals surface area contributed by atoms with Crippen molar-refractivity contribution >= 4 is 17.7 Å². The van der Waals surface area contributed by atoms with E-state index in [4.69, 9.17) is 0 Å². The lowest BCUT2D eigenvalue weighted by Gasteiger charge is -2.25. The van der Waals surface area contributed by atoms with Crippen molar-refractivity contribution in [1.82, 2.24) is 5.32 Å². The van der Waals surface area contributed by atoms with Crippen LogP contribution in [0.2, 0.25) is 0 Å². The second-order valence-corrected chi connectivity index (χ2v) is 7.04. The molecule has 0 aliphatic carbocycles. The molecule has 0 heterocycles. The summed E-state index contributed by atoms with van der Waals surface area (Å²) in [6, 6.07) is 10.2. The second-order valence-electron chi connectivity index (χ2n) is 5.87. The molecule has 1 aromatic carbocycles. The molecule has 0 saturated heterocycles. The van der Waals surface area contributed by atoms with Crippen LogP contribution >= 0.6 is 11.8 Å². The molecule has 0 fully saturated rings. The fourth-order valence-electron chi connectivity index (χ4n) is 2.34. The molecule has 0 spiro atoms. The summed E-state index contributed by atoms with van der Waals surface area (Å²) in [6.07, 6.45) is 0.586. The maximum atomic E-state index is 11.9. The van der Waals surface area contributed by atoms with E-state index >= 15 is 0 Å². The molecule has 0 aliphatic rings. The zero-order chi connectivity index (χ0) is 15.0. The lowest BCUT2D eigenvalue weighted by atomic mass is 9.85. The maximum absolute atomic E-state index is 11.9. The maximum Gasteiger partial charge on any atom is 0.220 e. The SMILES string of the molecule is CC(C)C(CNC(=O)CCSc1ccccc1)C(C)C. The van der Waals surface area contributed by atoms with Gasteiger partial charge in [-0.05, 0) is 29.9 Å². The molecule has 0 aromatic heterocycles. The van der Waals surface area contributed by atoms with Crippen LogP contribution in [0.15, 0.2) is 35.2 Å². The lowest BCUT2D eigenvalue weighted by molar-refractivity contribution is -0.121. The van der Waals surface area contributed by atoms with E-state index in [2.05, 4.69) is 45.1 Å². The van der Waals surface area contributed by atoms with Gasteiger partial charge in [0.15, 0.2) is 0 Å². The van der Waals surface area contributed by atoms with Gasteiger partial charge in [-0.25, -0.2) is 0 Å². The van der Waals surface area contributed by atoms with Gasteiger partial charge >= 0.3 is 0 Å². The van der Waals surface area contributed by atoms with Crippen LogP contribution < -0.4 is 5.32 Å². The van der Waals surface area contributed by atoms with Crippen LogP contribution in [0.4, 0.5) is 0 Å². The predicted molar refractivity (Wildman–Crippen MR) is 88.0 cm³/mol. The first-order valence-electron chi connectivity index (χ1n) is 7.45. The standard InChI is InChI=1S/C17H27NOS/c1-13(2)16(14(3)4)12-18-17(19)10-11-20-15-8-6-5-7-9-15/h5-9,13-14,16H,10-12H2,1-4H3,(H,18,19). The third-order valence-corrected chi connectivity index (χ3v) is 4.60. The van der Waals surface area contributed by atoms with Gasteiger partial charge in [0.1, 0.15) is 0 Å². The van der Waals surface area contributed by atoms with Crippen LogP contribution in [-0.4, -0.2) is 18.2 Å². The Bertz CT molecular complexity index is 381. The van der Waals surface area contributed by atoms with E-state index in [0.29, 0.717) is 24.2 Å². The van der Waals surface area contributed by atoms with Crippen LogP contribution in [0, 0.1) is 17.8 Å². The molecule has 20 heavy (non-hydrogen) atoms. The first-order chi connectivity index (χ1) is 9.50. The Morgan fingerprint density at radius 1 is 1.10 bits per heavy atom. The Morgan fingerprint density at radius 3 is 2.25 bits per heavy atom. The molecule has 0 bridgehead atoms. The third-order valence-electron chi connectivity index (χ3n) is 3.59. The molecule has 1 aromatic rings. The van der Waals surface area contributed by atoms with Crippen LogP contribution in [0.25, 0.3) is 0 Å². The first-order valence-corrected chi connectivity index (χ1v) is 8.43. The summed E-state index contributed by atoms with van der Waals surface area (Å²) in [5, 5.41) is 3.08. The Balaban J connectivity index is 2.23. The van der Waals surface area contributed by atoms with E-state index in [1.807, 2.05) is 18.2 Å². The number of thioether (sulfide) groups is 1. The van der Waals surface area contributed by atoms with Crippen LogP contribution in [0.5, 0.6) is 0 Å². The number of carbonyl (C=O) groups is 1. The Morgan fingerprint density at radius 2 is 1.70 bits per heavy atom. The molecule has 1 rings (SSSR count). The van der Waals surface area contributed by atoms with Gasteiger partial charge in [0.2, 0.25) is 5.91 Å². The first kappa shape index (κ1) is 17.1.